The molecule has 0 bridgehead atoms. The number of unbranched alkanes of at least 4 members (excludes halogenated alkanes) is 6. The van der Waals surface area contributed by atoms with Crippen molar-refractivity contribution in [2.75, 3.05) is 0 Å². The summed E-state index contributed by atoms with van der Waals surface area (Å²) in [4.78, 5) is 24.6. The highest BCUT2D eigenvalue weighted by Gasteiger charge is 2.10. The van der Waals surface area contributed by atoms with E-state index in [0.717, 1.165) is 25.7 Å². The molecule has 0 fully saturated rings. The fourth-order valence-corrected chi connectivity index (χ4v) is 4.68. The van der Waals surface area contributed by atoms with Crippen LogP contribution in [0.3, 0.4) is 0 Å². The van der Waals surface area contributed by atoms with E-state index in [0.29, 0.717) is 33.8 Å². The van der Waals surface area contributed by atoms with Gasteiger partial charge in [0.05, 0.1) is 34.4 Å². The number of esters is 2. The van der Waals surface area contributed by atoms with Gasteiger partial charge < -0.3 is 9.47 Å². The summed E-state index contributed by atoms with van der Waals surface area (Å²) in [5, 5.41) is 17.7. The molecule has 0 atom stereocenters. The first-order valence-electron chi connectivity index (χ1n) is 14.7. The summed E-state index contributed by atoms with van der Waals surface area (Å²) < 4.78 is 10.9. The third kappa shape index (κ3) is 9.99. The second kappa shape index (κ2) is 16.3. The van der Waals surface area contributed by atoms with Crippen molar-refractivity contribution >= 4 is 11.9 Å². The van der Waals surface area contributed by atoms with E-state index in [4.69, 9.17) is 20.0 Å². The minimum absolute atomic E-state index is 0.416. The average molecular weight is 571 g/mol. The van der Waals surface area contributed by atoms with E-state index in [1.54, 1.807) is 48.5 Å². The van der Waals surface area contributed by atoms with Gasteiger partial charge in [-0.2, -0.15) is 10.5 Å². The van der Waals surface area contributed by atoms with Gasteiger partial charge >= 0.3 is 11.9 Å². The van der Waals surface area contributed by atoms with Crippen molar-refractivity contribution in [3.05, 3.63) is 130 Å². The van der Waals surface area contributed by atoms with Crippen LogP contribution in [0.4, 0.5) is 0 Å². The molecule has 0 saturated heterocycles. The topological polar surface area (TPSA) is 100 Å². The van der Waals surface area contributed by atoms with E-state index >= 15 is 0 Å². The second-order valence-electron chi connectivity index (χ2n) is 10.4. The van der Waals surface area contributed by atoms with Crippen molar-refractivity contribution in [3.63, 3.8) is 0 Å². The Morgan fingerprint density at radius 2 is 0.791 bits per heavy atom. The van der Waals surface area contributed by atoms with Gasteiger partial charge in [0.25, 0.3) is 0 Å². The van der Waals surface area contributed by atoms with Gasteiger partial charge in [0.15, 0.2) is 0 Å². The zero-order valence-corrected chi connectivity index (χ0v) is 24.1. The molecule has 4 aromatic carbocycles. The summed E-state index contributed by atoms with van der Waals surface area (Å²) >= 11 is 0. The molecular formula is C37H34N2O4. The Labute approximate surface area is 253 Å². The molecule has 43 heavy (non-hydrogen) atoms. The lowest BCUT2D eigenvalue weighted by Gasteiger charge is -2.07. The molecule has 0 unspecified atom stereocenters. The largest absolute Gasteiger partial charge is 0.423 e. The van der Waals surface area contributed by atoms with Crippen LogP contribution in [0, 0.1) is 22.7 Å². The van der Waals surface area contributed by atoms with Gasteiger partial charge in [0.1, 0.15) is 11.5 Å². The fourth-order valence-electron chi connectivity index (χ4n) is 4.68. The van der Waals surface area contributed by atoms with Crippen LogP contribution in [0.1, 0.15) is 87.9 Å². The standard InChI is InChI=1S/C37H34N2O4/c38-26-30-10-18-32(19-11-30)36(40)42-34-22-14-28(15-23-34)8-6-4-2-1-3-5-7-9-29-16-24-35(25-17-29)43-37(41)33-20-12-31(27-39)13-21-33/h10-25H,1-9H2. The van der Waals surface area contributed by atoms with Gasteiger partial charge in [-0.25, -0.2) is 9.59 Å². The summed E-state index contributed by atoms with van der Waals surface area (Å²) in [5.41, 5.74) is 4.30. The number of nitrogens with zero attached hydrogens (tertiary/aromatic N) is 2. The van der Waals surface area contributed by atoms with Crippen LogP contribution >= 0.6 is 0 Å². The van der Waals surface area contributed by atoms with Crippen LogP contribution in [0.5, 0.6) is 11.5 Å². The third-order valence-corrected chi connectivity index (χ3v) is 7.20. The minimum Gasteiger partial charge on any atom is -0.423 e. The van der Waals surface area contributed by atoms with E-state index in [1.165, 1.54) is 43.2 Å². The Morgan fingerprint density at radius 1 is 0.465 bits per heavy atom. The van der Waals surface area contributed by atoms with E-state index in [9.17, 15) is 9.59 Å². The summed E-state index contributed by atoms with van der Waals surface area (Å²) in [6, 6.07) is 32.2. The normalized spacial score (nSPS) is 10.4. The highest BCUT2D eigenvalue weighted by Crippen LogP contribution is 2.19. The maximum Gasteiger partial charge on any atom is 0.343 e. The summed E-state index contributed by atoms with van der Waals surface area (Å²) in [5.74, 6) is 0.152. The molecule has 6 nitrogen and oxygen atoms in total. The number of nitriles is 2. The van der Waals surface area contributed by atoms with Gasteiger partial charge in [0.2, 0.25) is 0 Å². The Bertz CT molecular complexity index is 1440. The van der Waals surface area contributed by atoms with Crippen molar-refractivity contribution in [1.82, 2.24) is 0 Å². The summed E-state index contributed by atoms with van der Waals surface area (Å²) in [6.07, 6.45) is 10.3. The molecule has 0 spiro atoms. The molecule has 0 radical (unpaired) electrons. The first-order chi connectivity index (χ1) is 21.0. The van der Waals surface area contributed by atoms with E-state index in [-0.39, 0.29) is 0 Å². The molecule has 4 rings (SSSR count). The predicted octanol–water partition coefficient (Wildman–Crippen LogP) is 8.38. The average Bonchev–Trinajstić information content (AvgIpc) is 3.05. The van der Waals surface area contributed by atoms with Crippen molar-refractivity contribution in [3.8, 4) is 23.6 Å². The van der Waals surface area contributed by atoms with Crippen molar-refractivity contribution in [2.24, 2.45) is 0 Å². The first-order valence-corrected chi connectivity index (χ1v) is 14.7. The summed E-state index contributed by atoms with van der Waals surface area (Å²) in [7, 11) is 0. The number of carbonyl (C=O) groups excluding carboxylic acids is 2. The number of hydrogen-bond donors (Lipinski definition) is 0. The molecule has 0 saturated carbocycles. The fraction of sp³-hybridized carbons (Fsp3) is 0.243. The molecule has 0 heterocycles. The Kier molecular flexibility index (Phi) is 11.7. The lowest BCUT2D eigenvalue weighted by Crippen LogP contribution is -2.08. The number of hydrogen-bond acceptors (Lipinski definition) is 6. The van der Waals surface area contributed by atoms with Crippen molar-refractivity contribution in [1.29, 1.82) is 10.5 Å². The van der Waals surface area contributed by atoms with Crippen LogP contribution in [0.2, 0.25) is 0 Å². The molecule has 0 aliphatic rings. The van der Waals surface area contributed by atoms with Crippen LogP contribution < -0.4 is 9.47 Å². The monoisotopic (exact) mass is 570 g/mol. The van der Waals surface area contributed by atoms with Gasteiger partial charge in [-0.1, -0.05) is 56.4 Å². The molecule has 216 valence electrons. The lowest BCUT2D eigenvalue weighted by molar-refractivity contribution is 0.0725. The minimum atomic E-state index is -0.435. The Morgan fingerprint density at radius 3 is 1.12 bits per heavy atom. The predicted molar refractivity (Wildman–Crippen MR) is 165 cm³/mol. The zero-order valence-electron chi connectivity index (χ0n) is 24.1. The molecule has 0 aliphatic carbocycles. The maximum atomic E-state index is 12.3. The van der Waals surface area contributed by atoms with E-state index in [1.807, 2.05) is 60.7 Å². The van der Waals surface area contributed by atoms with Gasteiger partial charge in [-0.05, 0) is 110 Å². The van der Waals surface area contributed by atoms with Gasteiger partial charge in [0, 0.05) is 0 Å². The van der Waals surface area contributed by atoms with E-state index < -0.39 is 11.9 Å². The van der Waals surface area contributed by atoms with Crippen LogP contribution in [-0.4, -0.2) is 11.9 Å². The van der Waals surface area contributed by atoms with Gasteiger partial charge in [-0.3, -0.25) is 0 Å². The number of ether oxygens (including phenoxy) is 2. The Balaban J connectivity index is 1.04. The number of rotatable bonds is 14. The molecule has 0 amide bonds. The molecular weight excluding hydrogens is 536 g/mol. The Hall–Kier alpha value is -5.20. The van der Waals surface area contributed by atoms with E-state index in [2.05, 4.69) is 0 Å². The van der Waals surface area contributed by atoms with Gasteiger partial charge in [-0.15, -0.1) is 0 Å². The number of benzene rings is 4. The van der Waals surface area contributed by atoms with Crippen LogP contribution in [0.15, 0.2) is 97.1 Å². The first kappa shape index (κ1) is 30.8. The second-order valence-corrected chi connectivity index (χ2v) is 10.4. The smallest absolute Gasteiger partial charge is 0.343 e. The molecule has 4 aromatic rings. The zero-order chi connectivity index (χ0) is 30.3. The van der Waals surface area contributed by atoms with Crippen LogP contribution in [0.25, 0.3) is 0 Å². The summed E-state index contributed by atoms with van der Waals surface area (Å²) in [6.45, 7) is 0. The SMILES string of the molecule is N#Cc1ccc(C(=O)Oc2ccc(CCCCCCCCCc3ccc(OC(=O)c4ccc(C#N)cc4)cc3)cc2)cc1. The lowest BCUT2D eigenvalue weighted by atomic mass is 10.0. The quantitative estimate of drug-likeness (QED) is 0.0857. The number of aryl methyl sites for hydroxylation is 2. The maximum absolute atomic E-state index is 12.3. The molecule has 0 aromatic heterocycles. The molecule has 0 N–H and O–H groups in total. The highest BCUT2D eigenvalue weighted by molar-refractivity contribution is 5.91. The third-order valence-electron chi connectivity index (χ3n) is 7.20. The highest BCUT2D eigenvalue weighted by atomic mass is 16.5. The molecule has 6 heteroatoms. The van der Waals surface area contributed by atoms with Crippen molar-refractivity contribution < 1.29 is 19.1 Å². The van der Waals surface area contributed by atoms with Crippen LogP contribution in [-0.2, 0) is 12.8 Å². The number of carbonyl (C=O) groups is 2. The molecule has 0 aliphatic heterocycles. The van der Waals surface area contributed by atoms with Crippen molar-refractivity contribution in [2.45, 2.75) is 57.8 Å².